The highest BCUT2D eigenvalue weighted by Crippen LogP contribution is 2.27. The van der Waals surface area contributed by atoms with Gasteiger partial charge in [0.1, 0.15) is 0 Å². The number of aromatic nitrogens is 3. The molecule has 1 N–H and O–H groups in total. The molecule has 0 spiro atoms. The maximum absolute atomic E-state index is 12.2. The largest absolute Gasteiger partial charge is 0.350 e. The minimum atomic E-state index is -0.0479. The van der Waals surface area contributed by atoms with Crippen LogP contribution >= 0.6 is 11.8 Å². The molecule has 0 bridgehead atoms. The molecule has 0 radical (unpaired) electrons. The number of benzene rings is 2. The first kappa shape index (κ1) is 21.1. The van der Waals surface area contributed by atoms with Crippen LogP contribution in [0.5, 0.6) is 0 Å². The van der Waals surface area contributed by atoms with Gasteiger partial charge in [-0.05, 0) is 50.1 Å². The summed E-state index contributed by atoms with van der Waals surface area (Å²) in [6.45, 7) is 6.70. The number of aryl methyl sites for hydroxylation is 1. The molecule has 0 aliphatic heterocycles. The van der Waals surface area contributed by atoms with Gasteiger partial charge in [0.25, 0.3) is 5.91 Å². The number of pyridine rings is 1. The van der Waals surface area contributed by atoms with Gasteiger partial charge in [-0.3, -0.25) is 9.78 Å². The fourth-order valence-electron chi connectivity index (χ4n) is 3.45. The monoisotopic (exact) mass is 430 g/mol. The predicted molar refractivity (Wildman–Crippen MR) is 126 cm³/mol. The summed E-state index contributed by atoms with van der Waals surface area (Å²) in [7, 11) is 0. The van der Waals surface area contributed by atoms with E-state index < -0.39 is 0 Å². The van der Waals surface area contributed by atoms with E-state index in [2.05, 4.69) is 46.1 Å². The van der Waals surface area contributed by atoms with Crippen LogP contribution in [-0.4, -0.2) is 26.5 Å². The summed E-state index contributed by atoms with van der Waals surface area (Å²) in [4.78, 5) is 21.4. The fourth-order valence-corrected chi connectivity index (χ4v) is 4.41. The van der Waals surface area contributed by atoms with Crippen LogP contribution in [0.15, 0.2) is 72.1 Å². The molecule has 5 nitrogen and oxygen atoms in total. The molecule has 0 saturated heterocycles. The minimum Gasteiger partial charge on any atom is -0.350 e. The number of imidazole rings is 1. The molecule has 0 unspecified atom stereocenters. The van der Waals surface area contributed by atoms with Crippen LogP contribution in [0.2, 0.25) is 0 Å². The Morgan fingerprint density at radius 2 is 1.90 bits per heavy atom. The SMILES string of the molecule is Cc1cccc(CSc2nc3ccncc3n2Cc2ccc(C(=O)NC(C)C)cc2)c1. The van der Waals surface area contributed by atoms with Crippen LogP contribution < -0.4 is 5.32 Å². The van der Waals surface area contributed by atoms with E-state index >= 15 is 0 Å². The van der Waals surface area contributed by atoms with E-state index in [4.69, 9.17) is 4.98 Å². The van der Waals surface area contributed by atoms with Gasteiger partial charge in [-0.15, -0.1) is 0 Å². The van der Waals surface area contributed by atoms with Gasteiger partial charge in [-0.1, -0.05) is 53.7 Å². The summed E-state index contributed by atoms with van der Waals surface area (Å²) in [5.41, 5.74) is 6.27. The number of rotatable bonds is 7. The Balaban J connectivity index is 1.57. The third-order valence-corrected chi connectivity index (χ3v) is 5.99. The lowest BCUT2D eigenvalue weighted by Crippen LogP contribution is -2.29. The van der Waals surface area contributed by atoms with Gasteiger partial charge in [-0.2, -0.15) is 0 Å². The van der Waals surface area contributed by atoms with E-state index in [9.17, 15) is 4.79 Å². The number of amides is 1. The molecule has 4 aromatic rings. The van der Waals surface area contributed by atoms with Gasteiger partial charge in [0.2, 0.25) is 0 Å². The van der Waals surface area contributed by atoms with Gasteiger partial charge in [-0.25, -0.2) is 4.98 Å². The molecule has 2 heterocycles. The number of fused-ring (bicyclic) bond motifs is 1. The van der Waals surface area contributed by atoms with Crippen molar-refractivity contribution in [2.45, 2.75) is 44.3 Å². The second kappa shape index (κ2) is 9.35. The number of nitrogens with one attached hydrogen (secondary N) is 1. The number of thioether (sulfide) groups is 1. The summed E-state index contributed by atoms with van der Waals surface area (Å²) in [6, 6.07) is 18.4. The Kier molecular flexibility index (Phi) is 6.37. The Morgan fingerprint density at radius 1 is 1.10 bits per heavy atom. The number of carbonyl (C=O) groups excluding carboxylic acids is 1. The molecule has 6 heteroatoms. The molecule has 0 atom stereocenters. The van der Waals surface area contributed by atoms with Crippen molar-refractivity contribution >= 4 is 28.7 Å². The average Bonchev–Trinajstić information content (AvgIpc) is 3.10. The van der Waals surface area contributed by atoms with Crippen molar-refractivity contribution in [2.75, 3.05) is 0 Å². The molecule has 0 aliphatic rings. The highest BCUT2D eigenvalue weighted by Gasteiger charge is 2.13. The Hall–Kier alpha value is -3.12. The first-order valence-corrected chi connectivity index (χ1v) is 11.4. The fraction of sp³-hybridized carbons (Fsp3) is 0.240. The zero-order valence-electron chi connectivity index (χ0n) is 18.0. The van der Waals surface area contributed by atoms with Crippen LogP contribution in [0.4, 0.5) is 0 Å². The maximum Gasteiger partial charge on any atom is 0.251 e. The first-order valence-electron chi connectivity index (χ1n) is 10.4. The van der Waals surface area contributed by atoms with Gasteiger partial charge in [0.15, 0.2) is 5.16 Å². The molecule has 158 valence electrons. The lowest BCUT2D eigenvalue weighted by Gasteiger charge is -2.11. The van der Waals surface area contributed by atoms with E-state index in [-0.39, 0.29) is 11.9 Å². The number of hydrogen-bond acceptors (Lipinski definition) is 4. The molecular formula is C25H26N4OS. The summed E-state index contributed by atoms with van der Waals surface area (Å²) >= 11 is 1.73. The highest BCUT2D eigenvalue weighted by molar-refractivity contribution is 7.98. The van der Waals surface area contributed by atoms with E-state index in [0.717, 1.165) is 27.5 Å². The van der Waals surface area contributed by atoms with Crippen molar-refractivity contribution < 1.29 is 4.79 Å². The van der Waals surface area contributed by atoms with Crippen molar-refractivity contribution in [1.82, 2.24) is 19.9 Å². The van der Waals surface area contributed by atoms with Gasteiger partial charge in [0.05, 0.1) is 23.8 Å². The van der Waals surface area contributed by atoms with Gasteiger partial charge in [0, 0.05) is 23.6 Å². The molecule has 0 fully saturated rings. The standard InChI is InChI=1S/C25H26N4OS/c1-17(2)27-24(30)21-9-7-19(8-10-21)15-29-23-14-26-12-11-22(23)28-25(29)31-16-20-6-4-5-18(3)13-20/h4-14,17H,15-16H2,1-3H3,(H,27,30). The second-order valence-corrected chi connectivity index (χ2v) is 8.89. The topological polar surface area (TPSA) is 59.8 Å². The zero-order valence-corrected chi connectivity index (χ0v) is 18.8. The quantitative estimate of drug-likeness (QED) is 0.409. The van der Waals surface area contributed by atoms with Crippen LogP contribution in [0.1, 0.15) is 40.9 Å². The predicted octanol–water partition coefficient (Wildman–Crippen LogP) is 5.22. The van der Waals surface area contributed by atoms with Crippen LogP contribution in [0.3, 0.4) is 0 Å². The van der Waals surface area contributed by atoms with Gasteiger partial charge >= 0.3 is 0 Å². The van der Waals surface area contributed by atoms with Crippen molar-refractivity contribution in [3.8, 4) is 0 Å². The lowest BCUT2D eigenvalue weighted by molar-refractivity contribution is 0.0943. The highest BCUT2D eigenvalue weighted by atomic mass is 32.2. The minimum absolute atomic E-state index is 0.0479. The third-order valence-electron chi connectivity index (χ3n) is 4.94. The van der Waals surface area contributed by atoms with E-state index in [1.54, 1.807) is 18.0 Å². The maximum atomic E-state index is 12.2. The van der Waals surface area contributed by atoms with Crippen molar-refractivity contribution in [1.29, 1.82) is 0 Å². The van der Waals surface area contributed by atoms with Crippen LogP contribution in [0, 0.1) is 6.92 Å². The van der Waals surface area contributed by atoms with Crippen molar-refractivity contribution in [3.63, 3.8) is 0 Å². The van der Waals surface area contributed by atoms with Gasteiger partial charge < -0.3 is 9.88 Å². The van der Waals surface area contributed by atoms with E-state index in [1.165, 1.54) is 11.1 Å². The number of nitrogens with zero attached hydrogens (tertiary/aromatic N) is 3. The van der Waals surface area contributed by atoms with E-state index in [0.29, 0.717) is 12.1 Å². The van der Waals surface area contributed by atoms with Crippen molar-refractivity contribution in [2.24, 2.45) is 0 Å². The molecule has 0 aliphatic carbocycles. The lowest BCUT2D eigenvalue weighted by atomic mass is 10.1. The molecule has 4 rings (SSSR count). The molecular weight excluding hydrogens is 404 g/mol. The summed E-state index contributed by atoms with van der Waals surface area (Å²) in [6.07, 6.45) is 3.64. The summed E-state index contributed by atoms with van der Waals surface area (Å²) in [5.74, 6) is 0.806. The average molecular weight is 431 g/mol. The Labute approximate surface area is 186 Å². The van der Waals surface area contributed by atoms with Crippen LogP contribution in [0.25, 0.3) is 11.0 Å². The molecule has 2 aromatic carbocycles. The zero-order chi connectivity index (χ0) is 21.8. The van der Waals surface area contributed by atoms with E-state index in [1.807, 2.05) is 50.4 Å². The molecule has 2 aromatic heterocycles. The molecule has 31 heavy (non-hydrogen) atoms. The smallest absolute Gasteiger partial charge is 0.251 e. The molecule has 1 amide bonds. The first-order chi connectivity index (χ1) is 15.0. The molecule has 0 saturated carbocycles. The number of hydrogen-bond donors (Lipinski definition) is 1. The number of carbonyl (C=O) groups is 1. The summed E-state index contributed by atoms with van der Waals surface area (Å²) < 4.78 is 2.20. The normalized spacial score (nSPS) is 11.2. The van der Waals surface area contributed by atoms with Crippen molar-refractivity contribution in [3.05, 3.63) is 89.2 Å². The summed E-state index contributed by atoms with van der Waals surface area (Å²) in [5, 5.41) is 3.89. The second-order valence-electron chi connectivity index (χ2n) is 7.95. The third kappa shape index (κ3) is 5.14. The Morgan fingerprint density at radius 3 is 2.65 bits per heavy atom. The van der Waals surface area contributed by atoms with Crippen LogP contribution in [-0.2, 0) is 12.3 Å². The Bertz CT molecular complexity index is 1200.